The third kappa shape index (κ3) is 5.12. The zero-order valence-corrected chi connectivity index (χ0v) is 18.9. The molecule has 2 saturated heterocycles. The third-order valence-corrected chi connectivity index (χ3v) is 8.12. The molecule has 1 aromatic rings. The maximum Gasteiger partial charge on any atom is 0.251 e. The Balaban J connectivity index is 2.00. The van der Waals surface area contributed by atoms with E-state index >= 15 is 0 Å². The normalized spacial score (nSPS) is 19.2. The molecular formula is C22H35N3O3S. The van der Waals surface area contributed by atoms with E-state index in [9.17, 15) is 13.2 Å². The molecule has 0 bridgehead atoms. The zero-order chi connectivity index (χ0) is 21.1. The molecule has 0 aromatic heterocycles. The predicted octanol–water partition coefficient (Wildman–Crippen LogP) is 3.77. The molecule has 0 radical (unpaired) electrons. The molecular weight excluding hydrogens is 386 g/mol. The number of piperidine rings is 2. The molecule has 2 aliphatic rings. The summed E-state index contributed by atoms with van der Waals surface area (Å²) >= 11 is 0. The number of rotatable bonds is 6. The van der Waals surface area contributed by atoms with Crippen LogP contribution in [-0.2, 0) is 10.0 Å². The van der Waals surface area contributed by atoms with Crippen LogP contribution in [0.5, 0.6) is 0 Å². The second kappa shape index (κ2) is 9.04. The second-order valence-electron chi connectivity index (χ2n) is 8.89. The molecule has 0 atom stereocenters. The van der Waals surface area contributed by atoms with E-state index in [-0.39, 0.29) is 16.3 Å². The summed E-state index contributed by atoms with van der Waals surface area (Å²) in [6.07, 6.45) is 6.96. The second-order valence-corrected chi connectivity index (χ2v) is 10.8. The summed E-state index contributed by atoms with van der Waals surface area (Å²) in [5.74, 6) is -0.225. The molecule has 1 amide bonds. The number of anilines is 1. The van der Waals surface area contributed by atoms with Crippen molar-refractivity contribution in [2.75, 3.05) is 31.1 Å². The minimum Gasteiger partial charge on any atom is -0.370 e. The standard InChI is InChI=1S/C22H35N3O3S/c1-4-22(2,3)23-21(26)18-11-12-19(24-13-7-5-8-14-24)20(17-18)29(27,28)25-15-9-6-10-16-25/h11-12,17H,4-10,13-16H2,1-3H3,(H,23,26). The summed E-state index contributed by atoms with van der Waals surface area (Å²) in [7, 11) is -3.64. The van der Waals surface area contributed by atoms with Crippen molar-refractivity contribution in [1.29, 1.82) is 0 Å². The lowest BCUT2D eigenvalue weighted by Gasteiger charge is -2.33. The summed E-state index contributed by atoms with van der Waals surface area (Å²) in [4.78, 5) is 15.3. The maximum atomic E-state index is 13.5. The van der Waals surface area contributed by atoms with Gasteiger partial charge < -0.3 is 10.2 Å². The van der Waals surface area contributed by atoms with Crippen molar-refractivity contribution < 1.29 is 13.2 Å². The van der Waals surface area contributed by atoms with Crippen LogP contribution < -0.4 is 10.2 Å². The van der Waals surface area contributed by atoms with Gasteiger partial charge in [-0.2, -0.15) is 4.31 Å². The first-order valence-electron chi connectivity index (χ1n) is 11.0. The van der Waals surface area contributed by atoms with Gasteiger partial charge in [-0.05, 0) is 70.6 Å². The van der Waals surface area contributed by atoms with E-state index in [0.29, 0.717) is 18.7 Å². The molecule has 0 spiro atoms. The fraction of sp³-hybridized carbons (Fsp3) is 0.682. The average molecular weight is 422 g/mol. The van der Waals surface area contributed by atoms with E-state index in [4.69, 9.17) is 0 Å². The van der Waals surface area contributed by atoms with Gasteiger partial charge in [0.05, 0.1) is 5.69 Å². The monoisotopic (exact) mass is 421 g/mol. The lowest BCUT2D eigenvalue weighted by molar-refractivity contribution is 0.0911. The molecule has 0 saturated carbocycles. The van der Waals surface area contributed by atoms with Gasteiger partial charge in [0.1, 0.15) is 4.90 Å². The Morgan fingerprint density at radius 1 is 1.00 bits per heavy atom. The summed E-state index contributed by atoms with van der Waals surface area (Å²) in [5, 5.41) is 3.02. The Morgan fingerprint density at radius 2 is 1.59 bits per heavy atom. The molecule has 3 rings (SSSR count). The van der Waals surface area contributed by atoms with Crippen molar-refractivity contribution in [1.82, 2.24) is 9.62 Å². The number of carbonyl (C=O) groups is 1. The van der Waals surface area contributed by atoms with Crippen molar-refractivity contribution in [3.8, 4) is 0 Å². The lowest BCUT2D eigenvalue weighted by Crippen LogP contribution is -2.43. The van der Waals surface area contributed by atoms with Gasteiger partial charge in [-0.25, -0.2) is 8.42 Å². The number of nitrogens with one attached hydrogen (secondary N) is 1. The number of hydrogen-bond donors (Lipinski definition) is 1. The SMILES string of the molecule is CCC(C)(C)NC(=O)c1ccc(N2CCCCC2)c(S(=O)(=O)N2CCCCC2)c1. The lowest BCUT2D eigenvalue weighted by atomic mass is 10.0. The van der Waals surface area contributed by atoms with Crippen LogP contribution in [0.1, 0.15) is 76.1 Å². The van der Waals surface area contributed by atoms with Crippen LogP contribution >= 0.6 is 0 Å². The third-order valence-electron chi connectivity index (χ3n) is 6.19. The van der Waals surface area contributed by atoms with Gasteiger partial charge in [0, 0.05) is 37.3 Å². The van der Waals surface area contributed by atoms with Crippen LogP contribution in [0.15, 0.2) is 23.1 Å². The number of carbonyl (C=O) groups excluding carboxylic acids is 1. The first kappa shape index (κ1) is 22.1. The predicted molar refractivity (Wildman–Crippen MR) is 117 cm³/mol. The van der Waals surface area contributed by atoms with Gasteiger partial charge >= 0.3 is 0 Å². The highest BCUT2D eigenvalue weighted by Gasteiger charge is 2.31. The molecule has 162 valence electrons. The average Bonchev–Trinajstić information content (AvgIpc) is 2.74. The van der Waals surface area contributed by atoms with Gasteiger partial charge in [0.25, 0.3) is 5.91 Å². The number of benzene rings is 1. The minimum absolute atomic E-state index is 0.225. The van der Waals surface area contributed by atoms with Gasteiger partial charge in [0.15, 0.2) is 0 Å². The summed E-state index contributed by atoms with van der Waals surface area (Å²) < 4.78 is 28.7. The first-order valence-corrected chi connectivity index (χ1v) is 12.4. The van der Waals surface area contributed by atoms with Gasteiger partial charge in [0.2, 0.25) is 10.0 Å². The fourth-order valence-electron chi connectivity index (χ4n) is 3.97. The number of amides is 1. The van der Waals surface area contributed by atoms with Crippen LogP contribution in [0, 0.1) is 0 Å². The Labute approximate surface area is 175 Å². The highest BCUT2D eigenvalue weighted by molar-refractivity contribution is 7.89. The quantitative estimate of drug-likeness (QED) is 0.759. The van der Waals surface area contributed by atoms with Gasteiger partial charge in [-0.3, -0.25) is 4.79 Å². The molecule has 0 unspecified atom stereocenters. The van der Waals surface area contributed by atoms with E-state index in [2.05, 4.69) is 10.2 Å². The van der Waals surface area contributed by atoms with Crippen molar-refractivity contribution in [2.45, 2.75) is 76.2 Å². The highest BCUT2D eigenvalue weighted by Crippen LogP contribution is 2.32. The molecule has 6 nitrogen and oxygen atoms in total. The van der Waals surface area contributed by atoms with Crippen molar-refractivity contribution in [3.05, 3.63) is 23.8 Å². The smallest absolute Gasteiger partial charge is 0.251 e. The van der Waals surface area contributed by atoms with Crippen LogP contribution in [0.3, 0.4) is 0 Å². The first-order chi connectivity index (χ1) is 13.7. The van der Waals surface area contributed by atoms with Crippen molar-refractivity contribution in [2.24, 2.45) is 0 Å². The zero-order valence-electron chi connectivity index (χ0n) is 18.0. The topological polar surface area (TPSA) is 69.7 Å². The molecule has 2 aliphatic heterocycles. The molecule has 1 aromatic carbocycles. The van der Waals surface area contributed by atoms with E-state index in [0.717, 1.165) is 57.3 Å². The van der Waals surface area contributed by atoms with Crippen LogP contribution in [0.25, 0.3) is 0 Å². The van der Waals surface area contributed by atoms with Gasteiger partial charge in [-0.1, -0.05) is 13.3 Å². The Kier molecular flexibility index (Phi) is 6.89. The molecule has 0 aliphatic carbocycles. The van der Waals surface area contributed by atoms with Crippen LogP contribution in [0.4, 0.5) is 5.69 Å². The van der Waals surface area contributed by atoms with E-state index in [1.54, 1.807) is 16.4 Å². The summed E-state index contributed by atoms with van der Waals surface area (Å²) in [6.45, 7) is 8.79. The van der Waals surface area contributed by atoms with E-state index < -0.39 is 10.0 Å². The van der Waals surface area contributed by atoms with E-state index in [1.807, 2.05) is 26.8 Å². The van der Waals surface area contributed by atoms with E-state index in [1.165, 1.54) is 6.42 Å². The molecule has 2 fully saturated rings. The molecule has 1 N–H and O–H groups in total. The van der Waals surface area contributed by atoms with Crippen molar-refractivity contribution in [3.63, 3.8) is 0 Å². The Morgan fingerprint density at radius 3 is 2.17 bits per heavy atom. The molecule has 2 heterocycles. The molecule has 29 heavy (non-hydrogen) atoms. The number of hydrogen-bond acceptors (Lipinski definition) is 4. The summed E-state index contributed by atoms with van der Waals surface area (Å²) in [6, 6.07) is 5.19. The largest absolute Gasteiger partial charge is 0.370 e. The maximum absolute atomic E-state index is 13.5. The molecule has 7 heteroatoms. The van der Waals surface area contributed by atoms with Crippen molar-refractivity contribution >= 4 is 21.6 Å². The van der Waals surface area contributed by atoms with Gasteiger partial charge in [-0.15, -0.1) is 0 Å². The van der Waals surface area contributed by atoms with Crippen LogP contribution in [-0.4, -0.2) is 50.3 Å². The summed E-state index contributed by atoms with van der Waals surface area (Å²) in [5.41, 5.74) is 0.804. The number of sulfonamides is 1. The highest BCUT2D eigenvalue weighted by atomic mass is 32.2. The Bertz CT molecular complexity index is 824. The minimum atomic E-state index is -3.64. The van der Waals surface area contributed by atoms with Crippen LogP contribution in [0.2, 0.25) is 0 Å². The Hall–Kier alpha value is -1.60. The number of nitrogens with zero attached hydrogens (tertiary/aromatic N) is 2. The fourth-order valence-corrected chi connectivity index (χ4v) is 5.72.